The van der Waals surface area contributed by atoms with Crippen molar-refractivity contribution in [3.63, 3.8) is 0 Å². The van der Waals surface area contributed by atoms with Gasteiger partial charge in [0.1, 0.15) is 11.6 Å². The second-order valence-corrected chi connectivity index (χ2v) is 9.80. The van der Waals surface area contributed by atoms with E-state index in [0.29, 0.717) is 60.2 Å². The van der Waals surface area contributed by atoms with Gasteiger partial charge in [0.25, 0.3) is 0 Å². The molecule has 192 valence electrons. The molecule has 9 heteroatoms. The first kappa shape index (κ1) is 24.1. The predicted molar refractivity (Wildman–Crippen MR) is 138 cm³/mol. The molecule has 0 amide bonds. The number of hydrogen-bond donors (Lipinski definition) is 1. The molecule has 2 aliphatic heterocycles. The smallest absolute Gasteiger partial charge is 0.131 e. The van der Waals surface area contributed by atoms with Crippen molar-refractivity contribution in [2.45, 2.75) is 32.4 Å². The summed E-state index contributed by atoms with van der Waals surface area (Å²) in [6.07, 6.45) is 5.66. The van der Waals surface area contributed by atoms with E-state index in [9.17, 15) is 0 Å². The Bertz CT molecular complexity index is 1400. The van der Waals surface area contributed by atoms with Crippen molar-refractivity contribution in [1.29, 1.82) is 0 Å². The number of nitrogens with one attached hydrogen (secondary N) is 1. The van der Waals surface area contributed by atoms with Gasteiger partial charge < -0.3 is 10.1 Å². The number of rotatable bonds is 5. The van der Waals surface area contributed by atoms with Gasteiger partial charge in [-0.1, -0.05) is 12.1 Å². The van der Waals surface area contributed by atoms with Crippen LogP contribution in [0.3, 0.4) is 0 Å². The molecule has 2 aromatic heterocycles. The highest BCUT2D eigenvalue weighted by atomic mass is 19.1. The lowest BCUT2D eigenvalue weighted by Crippen LogP contribution is -2.36. The van der Waals surface area contributed by atoms with Gasteiger partial charge in [0.05, 0.1) is 48.4 Å². The molecule has 0 saturated carbocycles. The SMILES string of the molecule is Cc1c(-c2cnc3cccc(-c4cc(F)c(CN5CCOCC5)c(F)c4)c3n2)cnn1C1CCNCC1. The lowest BCUT2D eigenvalue weighted by molar-refractivity contribution is 0.0332. The average molecular weight is 505 g/mol. The molecule has 2 aromatic carbocycles. The summed E-state index contributed by atoms with van der Waals surface area (Å²) in [5.74, 6) is -1.11. The molecule has 0 radical (unpaired) electrons. The third-order valence-corrected chi connectivity index (χ3v) is 7.49. The van der Waals surface area contributed by atoms with E-state index >= 15 is 8.78 Å². The first-order chi connectivity index (χ1) is 18.1. The molecule has 0 bridgehead atoms. The number of morpholine rings is 1. The number of fused-ring (bicyclic) bond motifs is 1. The van der Waals surface area contributed by atoms with Crippen LogP contribution in [0, 0.1) is 18.6 Å². The first-order valence-electron chi connectivity index (χ1n) is 12.9. The number of benzene rings is 2. The fourth-order valence-corrected chi connectivity index (χ4v) is 5.38. The van der Waals surface area contributed by atoms with Crippen LogP contribution in [-0.4, -0.2) is 64.0 Å². The van der Waals surface area contributed by atoms with E-state index in [1.54, 1.807) is 6.20 Å². The van der Waals surface area contributed by atoms with Crippen LogP contribution >= 0.6 is 0 Å². The lowest BCUT2D eigenvalue weighted by atomic mass is 10.0. The van der Waals surface area contributed by atoms with Crippen molar-refractivity contribution >= 4 is 11.0 Å². The Balaban J connectivity index is 1.36. The molecule has 0 spiro atoms. The minimum atomic E-state index is -0.554. The predicted octanol–water partition coefficient (Wildman–Crippen LogP) is 4.50. The van der Waals surface area contributed by atoms with Crippen LogP contribution in [0.2, 0.25) is 0 Å². The van der Waals surface area contributed by atoms with Crippen LogP contribution in [-0.2, 0) is 11.3 Å². The Hall–Kier alpha value is -3.27. The molecule has 0 aliphatic carbocycles. The molecule has 0 atom stereocenters. The van der Waals surface area contributed by atoms with Crippen molar-refractivity contribution in [2.24, 2.45) is 0 Å². The van der Waals surface area contributed by atoms with Crippen LogP contribution in [0.15, 0.2) is 42.7 Å². The van der Waals surface area contributed by atoms with E-state index in [0.717, 1.165) is 37.2 Å². The summed E-state index contributed by atoms with van der Waals surface area (Å²) in [5.41, 5.74) is 5.10. The molecule has 37 heavy (non-hydrogen) atoms. The third kappa shape index (κ3) is 4.74. The highest BCUT2D eigenvalue weighted by Crippen LogP contribution is 2.32. The zero-order chi connectivity index (χ0) is 25.4. The molecule has 2 aliphatic rings. The van der Waals surface area contributed by atoms with Gasteiger partial charge in [-0.2, -0.15) is 5.10 Å². The summed E-state index contributed by atoms with van der Waals surface area (Å²) in [4.78, 5) is 11.6. The Labute approximate surface area is 214 Å². The molecule has 2 fully saturated rings. The van der Waals surface area contributed by atoms with Gasteiger partial charge in [0.15, 0.2) is 0 Å². The summed E-state index contributed by atoms with van der Waals surface area (Å²) in [5, 5.41) is 8.06. The summed E-state index contributed by atoms with van der Waals surface area (Å²) >= 11 is 0. The minimum absolute atomic E-state index is 0.0820. The number of halogens is 2. The van der Waals surface area contributed by atoms with Crippen LogP contribution in [0.4, 0.5) is 8.78 Å². The summed E-state index contributed by atoms with van der Waals surface area (Å²) < 4.78 is 37.8. The highest BCUT2D eigenvalue weighted by molar-refractivity contribution is 5.92. The first-order valence-corrected chi connectivity index (χ1v) is 12.9. The zero-order valence-corrected chi connectivity index (χ0v) is 20.9. The van der Waals surface area contributed by atoms with Crippen LogP contribution in [0.1, 0.15) is 30.1 Å². The van der Waals surface area contributed by atoms with Crippen molar-refractivity contribution in [2.75, 3.05) is 39.4 Å². The normalized spacial score (nSPS) is 17.5. The molecule has 6 rings (SSSR count). The number of aromatic nitrogens is 4. The second kappa shape index (κ2) is 10.2. The number of nitrogens with zero attached hydrogens (tertiary/aromatic N) is 5. The van der Waals surface area contributed by atoms with E-state index in [4.69, 9.17) is 9.72 Å². The molecule has 0 unspecified atom stereocenters. The number of para-hydroxylation sites is 1. The number of piperidine rings is 1. The quantitative estimate of drug-likeness (QED) is 0.432. The van der Waals surface area contributed by atoms with Gasteiger partial charge in [0.2, 0.25) is 0 Å². The molecule has 1 N–H and O–H groups in total. The van der Waals surface area contributed by atoms with Gasteiger partial charge in [-0.3, -0.25) is 14.6 Å². The standard InChI is InChI=1S/C28H30F2N6O/c1-18-22(15-33-36(18)20-5-7-31-8-6-20)27-16-32-26-4-2-3-21(28(26)34-27)19-13-24(29)23(25(30)14-19)17-35-9-11-37-12-10-35/h2-4,13-16,20,31H,5-12,17H2,1H3. The summed E-state index contributed by atoms with van der Waals surface area (Å²) in [6.45, 7) is 6.73. The Kier molecular flexibility index (Phi) is 6.67. The van der Waals surface area contributed by atoms with Crippen molar-refractivity contribution in [3.8, 4) is 22.4 Å². The highest BCUT2D eigenvalue weighted by Gasteiger charge is 2.21. The number of ether oxygens (including phenoxy) is 1. The van der Waals surface area contributed by atoms with Gasteiger partial charge in [-0.25, -0.2) is 13.8 Å². The Morgan fingerprint density at radius 1 is 1.03 bits per heavy atom. The second-order valence-electron chi connectivity index (χ2n) is 9.80. The maximum atomic E-state index is 15.2. The van der Waals surface area contributed by atoms with E-state index in [1.807, 2.05) is 29.3 Å². The van der Waals surface area contributed by atoms with Gasteiger partial charge in [0, 0.05) is 42.0 Å². The van der Waals surface area contributed by atoms with Crippen LogP contribution in [0.5, 0.6) is 0 Å². The largest absolute Gasteiger partial charge is 0.379 e. The van der Waals surface area contributed by atoms with Gasteiger partial charge in [-0.15, -0.1) is 0 Å². The van der Waals surface area contributed by atoms with Crippen molar-refractivity contribution in [3.05, 3.63) is 65.6 Å². The minimum Gasteiger partial charge on any atom is -0.379 e. The summed E-state index contributed by atoms with van der Waals surface area (Å²) in [7, 11) is 0. The van der Waals surface area contributed by atoms with Crippen LogP contribution < -0.4 is 5.32 Å². The molecular formula is C28H30F2N6O. The van der Waals surface area contributed by atoms with Crippen LogP contribution in [0.25, 0.3) is 33.4 Å². The molecule has 4 aromatic rings. The zero-order valence-electron chi connectivity index (χ0n) is 20.9. The van der Waals surface area contributed by atoms with E-state index in [1.165, 1.54) is 12.1 Å². The molecule has 7 nitrogen and oxygen atoms in total. The Morgan fingerprint density at radius 2 is 1.78 bits per heavy atom. The van der Waals surface area contributed by atoms with E-state index < -0.39 is 11.6 Å². The van der Waals surface area contributed by atoms with E-state index in [2.05, 4.69) is 27.0 Å². The fraction of sp³-hybridized carbons (Fsp3) is 0.393. The molecular weight excluding hydrogens is 474 g/mol. The monoisotopic (exact) mass is 504 g/mol. The summed E-state index contributed by atoms with van der Waals surface area (Å²) in [6, 6.07) is 8.71. The third-order valence-electron chi connectivity index (χ3n) is 7.49. The maximum absolute atomic E-state index is 15.2. The average Bonchev–Trinajstić information content (AvgIpc) is 3.32. The van der Waals surface area contributed by atoms with Gasteiger partial charge >= 0.3 is 0 Å². The van der Waals surface area contributed by atoms with Crippen molar-refractivity contribution in [1.82, 2.24) is 30.0 Å². The topological polar surface area (TPSA) is 68.1 Å². The Morgan fingerprint density at radius 3 is 2.54 bits per heavy atom. The maximum Gasteiger partial charge on any atom is 0.131 e. The molecule has 4 heterocycles. The van der Waals surface area contributed by atoms with Gasteiger partial charge in [-0.05, 0) is 56.6 Å². The number of hydrogen-bond acceptors (Lipinski definition) is 6. The van der Waals surface area contributed by atoms with E-state index in [-0.39, 0.29) is 12.1 Å². The lowest BCUT2D eigenvalue weighted by Gasteiger charge is -2.27. The fourth-order valence-electron chi connectivity index (χ4n) is 5.38. The molecule has 2 saturated heterocycles. The van der Waals surface area contributed by atoms with Crippen molar-refractivity contribution < 1.29 is 13.5 Å².